The molecule has 0 aromatic heterocycles. The molecule has 1 saturated heterocycles. The molecule has 140 valence electrons. The molecule has 2 aliphatic rings. The van der Waals surface area contributed by atoms with Crippen LogP contribution in [-0.2, 0) is 9.53 Å². The van der Waals surface area contributed by atoms with Gasteiger partial charge in [-0.05, 0) is 33.6 Å². The van der Waals surface area contributed by atoms with Crippen LogP contribution >= 0.6 is 0 Å². The molecule has 1 atom stereocenters. The Balaban J connectivity index is 2.09. The molecule has 2 rings (SSSR count). The molecule has 6 nitrogen and oxygen atoms in total. The predicted octanol–water partition coefficient (Wildman–Crippen LogP) is 2.93. The molecule has 0 aromatic carbocycles. The minimum absolute atomic E-state index is 0.144. The summed E-state index contributed by atoms with van der Waals surface area (Å²) in [6, 6.07) is -0.438. The summed E-state index contributed by atoms with van der Waals surface area (Å²) in [7, 11) is 0. The number of nitrogens with zero attached hydrogens (tertiary/aromatic N) is 3. The minimum atomic E-state index is -3.19. The van der Waals surface area contributed by atoms with E-state index in [2.05, 4.69) is 0 Å². The van der Waals surface area contributed by atoms with Crippen LogP contribution < -0.4 is 0 Å². The number of nitriles is 1. The third kappa shape index (κ3) is 4.59. The molecule has 0 radical (unpaired) electrons. The number of halogens is 2. The summed E-state index contributed by atoms with van der Waals surface area (Å²) in [6.45, 7) is 4.07. The van der Waals surface area contributed by atoms with E-state index >= 15 is 0 Å². The lowest BCUT2D eigenvalue weighted by molar-refractivity contribution is -0.182. The van der Waals surface area contributed by atoms with Crippen molar-refractivity contribution in [3.05, 3.63) is 0 Å². The Morgan fingerprint density at radius 3 is 2.36 bits per heavy atom. The highest BCUT2D eigenvalue weighted by Crippen LogP contribution is 2.34. The predicted molar refractivity (Wildman–Crippen MR) is 85.9 cm³/mol. The molecule has 0 aromatic rings. The van der Waals surface area contributed by atoms with Gasteiger partial charge in [-0.3, -0.25) is 9.69 Å². The lowest BCUT2D eigenvalue weighted by Crippen LogP contribution is -2.67. The maximum atomic E-state index is 13.4. The van der Waals surface area contributed by atoms with Gasteiger partial charge in [0.1, 0.15) is 12.1 Å². The fraction of sp³-hybridized carbons (Fsp3) is 0.824. The molecule has 0 bridgehead atoms. The van der Waals surface area contributed by atoms with Gasteiger partial charge in [-0.15, -0.1) is 0 Å². The van der Waals surface area contributed by atoms with Crippen LogP contribution in [0.15, 0.2) is 0 Å². The van der Waals surface area contributed by atoms with E-state index in [-0.39, 0.29) is 12.6 Å². The number of alkyl halides is 2. The highest BCUT2D eigenvalue weighted by Gasteiger charge is 2.57. The first-order valence-corrected chi connectivity index (χ1v) is 8.62. The Morgan fingerprint density at radius 1 is 1.28 bits per heavy atom. The van der Waals surface area contributed by atoms with E-state index in [1.807, 2.05) is 0 Å². The summed E-state index contributed by atoms with van der Waals surface area (Å²) >= 11 is 0. The molecule has 1 aliphatic heterocycles. The second-order valence-corrected chi connectivity index (χ2v) is 7.71. The molecular formula is C17H25F2N3O3. The molecule has 1 heterocycles. The van der Waals surface area contributed by atoms with Crippen molar-refractivity contribution in [3.8, 4) is 6.07 Å². The number of ether oxygens (including phenoxy) is 1. The van der Waals surface area contributed by atoms with Gasteiger partial charge in [0.2, 0.25) is 5.91 Å². The van der Waals surface area contributed by atoms with Crippen LogP contribution in [0.2, 0.25) is 0 Å². The number of carbonyl (C=O) groups excluding carboxylic acids is 2. The molecule has 0 spiro atoms. The van der Waals surface area contributed by atoms with Crippen LogP contribution in [0.1, 0.15) is 52.9 Å². The van der Waals surface area contributed by atoms with Crippen LogP contribution in [0, 0.1) is 11.3 Å². The molecule has 1 aliphatic carbocycles. The summed E-state index contributed by atoms with van der Waals surface area (Å²) in [6.07, 6.45) is 3.85. The fourth-order valence-corrected chi connectivity index (χ4v) is 3.21. The van der Waals surface area contributed by atoms with E-state index in [9.17, 15) is 18.4 Å². The highest BCUT2D eigenvalue weighted by molar-refractivity contribution is 5.84. The van der Waals surface area contributed by atoms with Gasteiger partial charge >= 0.3 is 6.09 Å². The van der Waals surface area contributed by atoms with Crippen LogP contribution in [-0.4, -0.2) is 58.5 Å². The summed E-state index contributed by atoms with van der Waals surface area (Å²) in [5.41, 5.74) is -0.716. The molecule has 1 unspecified atom stereocenters. The zero-order valence-corrected chi connectivity index (χ0v) is 14.9. The van der Waals surface area contributed by atoms with Gasteiger partial charge in [0.15, 0.2) is 6.04 Å². The van der Waals surface area contributed by atoms with Crippen molar-refractivity contribution in [2.45, 2.75) is 76.5 Å². The lowest BCUT2D eigenvalue weighted by Gasteiger charge is -2.44. The monoisotopic (exact) mass is 357 g/mol. The van der Waals surface area contributed by atoms with E-state index in [4.69, 9.17) is 10.00 Å². The van der Waals surface area contributed by atoms with Crippen molar-refractivity contribution in [1.29, 1.82) is 5.26 Å². The fourth-order valence-electron chi connectivity index (χ4n) is 3.21. The average Bonchev–Trinajstić information content (AvgIpc) is 2.49. The molecule has 8 heteroatoms. The van der Waals surface area contributed by atoms with Crippen molar-refractivity contribution in [2.24, 2.45) is 0 Å². The minimum Gasteiger partial charge on any atom is -0.444 e. The summed E-state index contributed by atoms with van der Waals surface area (Å²) in [5.74, 6) is -3.83. The largest absolute Gasteiger partial charge is 0.444 e. The van der Waals surface area contributed by atoms with E-state index in [1.165, 1.54) is 11.0 Å². The first kappa shape index (κ1) is 19.4. The van der Waals surface area contributed by atoms with Crippen molar-refractivity contribution >= 4 is 12.0 Å². The maximum Gasteiger partial charge on any atom is 0.411 e. The van der Waals surface area contributed by atoms with E-state index in [1.54, 1.807) is 20.8 Å². The highest BCUT2D eigenvalue weighted by atomic mass is 19.3. The van der Waals surface area contributed by atoms with E-state index in [0.717, 1.165) is 37.0 Å². The SMILES string of the molecule is CC(C)(C)OC(=O)N(CC(=O)N1CC(F)(F)C1C#N)C1CCCCC1. The Morgan fingerprint density at radius 2 is 1.88 bits per heavy atom. The van der Waals surface area contributed by atoms with E-state index in [0.29, 0.717) is 0 Å². The molecule has 25 heavy (non-hydrogen) atoms. The molecule has 2 fully saturated rings. The third-order valence-electron chi connectivity index (χ3n) is 4.48. The van der Waals surface area contributed by atoms with Gasteiger partial charge in [0, 0.05) is 6.04 Å². The summed E-state index contributed by atoms with van der Waals surface area (Å²) < 4.78 is 32.1. The quantitative estimate of drug-likeness (QED) is 0.778. The third-order valence-corrected chi connectivity index (χ3v) is 4.48. The summed E-state index contributed by atoms with van der Waals surface area (Å²) in [4.78, 5) is 27.1. The van der Waals surface area contributed by atoms with Crippen LogP contribution in [0.4, 0.5) is 13.6 Å². The number of hydrogen-bond donors (Lipinski definition) is 0. The van der Waals surface area contributed by atoms with Crippen LogP contribution in [0.5, 0.6) is 0 Å². The van der Waals surface area contributed by atoms with Crippen LogP contribution in [0.25, 0.3) is 0 Å². The van der Waals surface area contributed by atoms with Gasteiger partial charge in [-0.2, -0.15) is 5.26 Å². The topological polar surface area (TPSA) is 73.6 Å². The first-order valence-electron chi connectivity index (χ1n) is 8.62. The van der Waals surface area contributed by atoms with Crippen molar-refractivity contribution in [3.63, 3.8) is 0 Å². The maximum absolute atomic E-state index is 13.4. The molecular weight excluding hydrogens is 332 g/mol. The van der Waals surface area contributed by atoms with Crippen LogP contribution in [0.3, 0.4) is 0 Å². The molecule has 0 N–H and O–H groups in total. The van der Waals surface area contributed by atoms with Gasteiger partial charge in [-0.1, -0.05) is 19.3 Å². The Labute approximate surface area is 146 Å². The molecule has 2 amide bonds. The van der Waals surface area contributed by atoms with E-state index < -0.39 is 36.1 Å². The number of rotatable bonds is 3. The summed E-state index contributed by atoms with van der Waals surface area (Å²) in [5, 5.41) is 8.86. The zero-order chi connectivity index (χ0) is 18.8. The Kier molecular flexibility index (Phi) is 5.55. The number of carbonyl (C=O) groups is 2. The standard InChI is InChI=1S/C17H25F2N3O3/c1-16(2,3)25-15(24)21(12-7-5-4-6-8-12)10-14(23)22-11-17(18,19)13(22)9-20/h12-13H,4-8,10-11H2,1-3H3. The Bertz CT molecular complexity index is 562. The molecule has 1 saturated carbocycles. The van der Waals surface area contributed by atoms with Crippen molar-refractivity contribution in [2.75, 3.05) is 13.1 Å². The average molecular weight is 357 g/mol. The normalized spacial score (nSPS) is 23.4. The van der Waals surface area contributed by atoms with Crippen molar-refractivity contribution < 1.29 is 23.1 Å². The smallest absolute Gasteiger partial charge is 0.411 e. The Hall–Kier alpha value is -1.91. The second kappa shape index (κ2) is 7.14. The number of likely N-dealkylation sites (tertiary alicyclic amines) is 1. The second-order valence-electron chi connectivity index (χ2n) is 7.71. The van der Waals surface area contributed by atoms with Gasteiger partial charge in [0.05, 0.1) is 12.6 Å². The van der Waals surface area contributed by atoms with Crippen molar-refractivity contribution in [1.82, 2.24) is 9.80 Å². The van der Waals surface area contributed by atoms with Gasteiger partial charge in [0.25, 0.3) is 5.92 Å². The lowest BCUT2D eigenvalue weighted by atomic mass is 9.94. The first-order chi connectivity index (χ1) is 11.5. The zero-order valence-electron chi connectivity index (χ0n) is 14.9. The number of hydrogen-bond acceptors (Lipinski definition) is 4. The van der Waals surface area contributed by atoms with Gasteiger partial charge < -0.3 is 9.64 Å². The number of amides is 2. The van der Waals surface area contributed by atoms with Gasteiger partial charge in [-0.25, -0.2) is 13.6 Å².